The molecule has 1 aromatic rings. The quantitative estimate of drug-likeness (QED) is 0.804. The minimum Gasteiger partial charge on any atom is -0.377 e. The van der Waals surface area contributed by atoms with Gasteiger partial charge in [-0.05, 0) is 31.5 Å². The molecule has 0 spiro atoms. The SMILES string of the molecule is CC1COCC(C)N1C(=O)Cc1ccc(F)cc1. The van der Waals surface area contributed by atoms with Crippen molar-refractivity contribution in [3.8, 4) is 0 Å². The topological polar surface area (TPSA) is 29.5 Å². The largest absolute Gasteiger partial charge is 0.377 e. The average molecular weight is 251 g/mol. The maximum absolute atomic E-state index is 12.8. The third-order valence-corrected chi connectivity index (χ3v) is 3.22. The van der Waals surface area contributed by atoms with E-state index in [2.05, 4.69) is 0 Å². The summed E-state index contributed by atoms with van der Waals surface area (Å²) in [7, 11) is 0. The van der Waals surface area contributed by atoms with Crippen LogP contribution < -0.4 is 0 Å². The van der Waals surface area contributed by atoms with Gasteiger partial charge in [0.25, 0.3) is 0 Å². The lowest BCUT2D eigenvalue weighted by atomic mass is 10.1. The molecule has 2 unspecified atom stereocenters. The highest BCUT2D eigenvalue weighted by molar-refractivity contribution is 5.79. The molecule has 0 N–H and O–H groups in total. The molecule has 98 valence electrons. The first-order valence-corrected chi connectivity index (χ1v) is 6.21. The van der Waals surface area contributed by atoms with Gasteiger partial charge in [-0.1, -0.05) is 12.1 Å². The summed E-state index contributed by atoms with van der Waals surface area (Å²) >= 11 is 0. The summed E-state index contributed by atoms with van der Waals surface area (Å²) in [5.74, 6) is -0.204. The molecule has 1 aromatic carbocycles. The van der Waals surface area contributed by atoms with Crippen molar-refractivity contribution in [3.63, 3.8) is 0 Å². The van der Waals surface area contributed by atoms with E-state index in [1.54, 1.807) is 12.1 Å². The lowest BCUT2D eigenvalue weighted by Gasteiger charge is -2.38. The molecule has 1 amide bonds. The third kappa shape index (κ3) is 2.88. The Morgan fingerprint density at radius 2 is 1.83 bits per heavy atom. The van der Waals surface area contributed by atoms with Gasteiger partial charge in [-0.25, -0.2) is 4.39 Å². The molecule has 3 nitrogen and oxygen atoms in total. The fourth-order valence-corrected chi connectivity index (χ4v) is 2.36. The smallest absolute Gasteiger partial charge is 0.227 e. The molecule has 4 heteroatoms. The Hall–Kier alpha value is -1.42. The van der Waals surface area contributed by atoms with Crippen molar-refractivity contribution < 1.29 is 13.9 Å². The normalized spacial score (nSPS) is 24.1. The molecule has 1 saturated heterocycles. The Bertz CT molecular complexity index is 408. The van der Waals surface area contributed by atoms with Gasteiger partial charge in [-0.15, -0.1) is 0 Å². The maximum atomic E-state index is 12.8. The number of morpholine rings is 1. The van der Waals surface area contributed by atoms with E-state index in [0.29, 0.717) is 19.6 Å². The zero-order chi connectivity index (χ0) is 13.1. The number of benzene rings is 1. The van der Waals surface area contributed by atoms with Crippen molar-refractivity contribution in [3.05, 3.63) is 35.6 Å². The number of rotatable bonds is 2. The number of hydrogen-bond acceptors (Lipinski definition) is 2. The summed E-state index contributed by atoms with van der Waals surface area (Å²) in [5, 5.41) is 0. The predicted octanol–water partition coefficient (Wildman–Crippen LogP) is 2.00. The van der Waals surface area contributed by atoms with E-state index >= 15 is 0 Å². The second-order valence-corrected chi connectivity index (χ2v) is 4.84. The van der Waals surface area contributed by atoms with Gasteiger partial charge in [0.1, 0.15) is 5.82 Å². The zero-order valence-electron chi connectivity index (χ0n) is 10.7. The van der Waals surface area contributed by atoms with Crippen molar-refractivity contribution >= 4 is 5.91 Å². The molecule has 0 saturated carbocycles. The molecular formula is C14H18FNO2. The lowest BCUT2D eigenvalue weighted by molar-refractivity contribution is -0.143. The summed E-state index contributed by atoms with van der Waals surface area (Å²) < 4.78 is 18.2. The number of amides is 1. The van der Waals surface area contributed by atoms with Crippen LogP contribution in [-0.2, 0) is 16.0 Å². The van der Waals surface area contributed by atoms with E-state index in [4.69, 9.17) is 4.74 Å². The van der Waals surface area contributed by atoms with Crippen LogP contribution in [0.3, 0.4) is 0 Å². The van der Waals surface area contributed by atoms with Crippen LogP contribution in [0.2, 0.25) is 0 Å². The van der Waals surface area contributed by atoms with Crippen molar-refractivity contribution in [2.75, 3.05) is 13.2 Å². The number of carbonyl (C=O) groups excluding carboxylic acids is 1. The van der Waals surface area contributed by atoms with Gasteiger partial charge in [0.05, 0.1) is 31.7 Å². The first kappa shape index (κ1) is 13.0. The van der Waals surface area contributed by atoms with Gasteiger partial charge in [0.15, 0.2) is 0 Å². The van der Waals surface area contributed by atoms with Crippen molar-refractivity contribution in [1.82, 2.24) is 4.90 Å². The van der Waals surface area contributed by atoms with Crippen LogP contribution in [0.1, 0.15) is 19.4 Å². The second kappa shape index (κ2) is 5.48. The Morgan fingerprint density at radius 3 is 2.39 bits per heavy atom. The maximum Gasteiger partial charge on any atom is 0.227 e. The first-order chi connectivity index (χ1) is 8.58. The molecule has 0 aliphatic carbocycles. The number of carbonyl (C=O) groups is 1. The Labute approximate surface area is 107 Å². The lowest BCUT2D eigenvalue weighted by Crippen LogP contribution is -2.53. The van der Waals surface area contributed by atoms with Gasteiger partial charge in [0.2, 0.25) is 5.91 Å². The summed E-state index contributed by atoms with van der Waals surface area (Å²) in [4.78, 5) is 14.1. The summed E-state index contributed by atoms with van der Waals surface area (Å²) in [5.41, 5.74) is 0.840. The molecule has 1 fully saturated rings. The van der Waals surface area contributed by atoms with Crippen LogP contribution in [0.4, 0.5) is 4.39 Å². The van der Waals surface area contributed by atoms with E-state index in [1.807, 2.05) is 18.7 Å². The third-order valence-electron chi connectivity index (χ3n) is 3.22. The molecule has 2 atom stereocenters. The number of hydrogen-bond donors (Lipinski definition) is 0. The van der Waals surface area contributed by atoms with Gasteiger partial charge in [-0.3, -0.25) is 4.79 Å². The molecule has 1 aliphatic heterocycles. The molecule has 0 aromatic heterocycles. The predicted molar refractivity (Wildman–Crippen MR) is 66.7 cm³/mol. The van der Waals surface area contributed by atoms with Gasteiger partial charge < -0.3 is 9.64 Å². The second-order valence-electron chi connectivity index (χ2n) is 4.84. The zero-order valence-corrected chi connectivity index (χ0v) is 10.7. The molecular weight excluding hydrogens is 233 g/mol. The number of ether oxygens (including phenoxy) is 1. The average Bonchev–Trinajstić information content (AvgIpc) is 2.32. The Morgan fingerprint density at radius 1 is 1.28 bits per heavy atom. The monoisotopic (exact) mass is 251 g/mol. The van der Waals surface area contributed by atoms with E-state index in [0.717, 1.165) is 5.56 Å². The first-order valence-electron chi connectivity index (χ1n) is 6.21. The van der Waals surface area contributed by atoms with Crippen LogP contribution in [0.5, 0.6) is 0 Å². The van der Waals surface area contributed by atoms with Crippen LogP contribution in [0.15, 0.2) is 24.3 Å². The Balaban J connectivity index is 2.04. The summed E-state index contributed by atoms with van der Waals surface area (Å²) in [6, 6.07) is 6.28. The molecule has 0 radical (unpaired) electrons. The van der Waals surface area contributed by atoms with Crippen LogP contribution in [0.25, 0.3) is 0 Å². The Kier molecular flexibility index (Phi) is 3.97. The van der Waals surface area contributed by atoms with Crippen LogP contribution in [-0.4, -0.2) is 36.1 Å². The molecule has 2 rings (SSSR count). The van der Waals surface area contributed by atoms with Crippen LogP contribution in [0, 0.1) is 5.82 Å². The fraction of sp³-hybridized carbons (Fsp3) is 0.500. The van der Waals surface area contributed by atoms with E-state index < -0.39 is 0 Å². The number of halogens is 1. The van der Waals surface area contributed by atoms with Crippen molar-refractivity contribution in [1.29, 1.82) is 0 Å². The minimum atomic E-state index is -0.278. The molecule has 1 aliphatic rings. The fourth-order valence-electron chi connectivity index (χ4n) is 2.36. The molecule has 1 heterocycles. The van der Waals surface area contributed by atoms with E-state index in [-0.39, 0.29) is 23.8 Å². The molecule has 0 bridgehead atoms. The standard InChI is InChI=1S/C14H18FNO2/c1-10-8-18-9-11(2)16(10)14(17)7-12-3-5-13(15)6-4-12/h3-6,10-11H,7-9H2,1-2H3. The van der Waals surface area contributed by atoms with E-state index in [9.17, 15) is 9.18 Å². The van der Waals surface area contributed by atoms with Gasteiger partial charge in [-0.2, -0.15) is 0 Å². The summed E-state index contributed by atoms with van der Waals surface area (Å²) in [6.07, 6.45) is 0.314. The minimum absolute atomic E-state index is 0.0740. The summed E-state index contributed by atoms with van der Waals surface area (Å²) in [6.45, 7) is 5.13. The number of nitrogens with zero attached hydrogens (tertiary/aromatic N) is 1. The van der Waals surface area contributed by atoms with Crippen molar-refractivity contribution in [2.24, 2.45) is 0 Å². The van der Waals surface area contributed by atoms with Gasteiger partial charge >= 0.3 is 0 Å². The van der Waals surface area contributed by atoms with Gasteiger partial charge in [0, 0.05) is 0 Å². The highest BCUT2D eigenvalue weighted by atomic mass is 19.1. The van der Waals surface area contributed by atoms with Crippen molar-refractivity contribution in [2.45, 2.75) is 32.4 Å². The highest BCUT2D eigenvalue weighted by Gasteiger charge is 2.29. The van der Waals surface area contributed by atoms with E-state index in [1.165, 1.54) is 12.1 Å². The molecule has 18 heavy (non-hydrogen) atoms. The van der Waals surface area contributed by atoms with Crippen LogP contribution >= 0.6 is 0 Å². The highest BCUT2D eigenvalue weighted by Crippen LogP contribution is 2.15.